The predicted octanol–water partition coefficient (Wildman–Crippen LogP) is 0.185. The van der Waals surface area contributed by atoms with E-state index in [0.717, 1.165) is 0 Å². The summed E-state index contributed by atoms with van der Waals surface area (Å²) in [5, 5.41) is 8.89. The summed E-state index contributed by atoms with van der Waals surface area (Å²) in [5.74, 6) is -1.28. The maximum Gasteiger partial charge on any atom is 0.307 e. The number of aromatic nitrogens is 1. The maximum atomic E-state index is 12.3. The molecule has 1 aromatic rings. The average molecular weight is 286 g/mol. The number of nitrogens with zero attached hydrogens (tertiary/aromatic N) is 2. The first kappa shape index (κ1) is 13.8. The largest absolute Gasteiger partial charge is 0.481 e. The number of rotatable bonds is 4. The van der Waals surface area contributed by atoms with E-state index in [1.165, 1.54) is 29.7 Å². The van der Waals surface area contributed by atoms with Gasteiger partial charge < -0.3 is 9.84 Å². The molecule has 0 spiro atoms. The Morgan fingerprint density at radius 3 is 2.74 bits per heavy atom. The Labute approximate surface area is 110 Å². The van der Waals surface area contributed by atoms with Gasteiger partial charge in [0.15, 0.2) is 0 Å². The molecular weight excluding hydrogens is 272 g/mol. The summed E-state index contributed by atoms with van der Waals surface area (Å²) in [6.07, 6.45) is 1.54. The van der Waals surface area contributed by atoms with Gasteiger partial charge in [0.25, 0.3) is 0 Å². The Morgan fingerprint density at radius 2 is 2.26 bits per heavy atom. The van der Waals surface area contributed by atoms with Gasteiger partial charge in [0.05, 0.1) is 19.2 Å². The number of sulfonamides is 1. The molecule has 0 aromatic carbocycles. The zero-order valence-corrected chi connectivity index (χ0v) is 11.1. The van der Waals surface area contributed by atoms with E-state index >= 15 is 0 Å². The molecule has 8 heteroatoms. The average Bonchev–Trinajstić information content (AvgIpc) is 2.89. The van der Waals surface area contributed by atoms with Crippen LogP contribution in [0.2, 0.25) is 0 Å². The first-order valence-electron chi connectivity index (χ1n) is 5.68. The van der Waals surface area contributed by atoms with Gasteiger partial charge >= 0.3 is 5.97 Å². The van der Waals surface area contributed by atoms with Crippen molar-refractivity contribution in [2.75, 3.05) is 20.2 Å². The van der Waals surface area contributed by atoms with Crippen LogP contribution in [0.1, 0.15) is 6.42 Å². The smallest absolute Gasteiger partial charge is 0.307 e. The zero-order valence-electron chi connectivity index (χ0n) is 10.3. The van der Waals surface area contributed by atoms with Crippen molar-refractivity contribution in [3.63, 3.8) is 0 Å². The first-order chi connectivity index (χ1) is 8.95. The molecule has 0 radical (unpaired) electrons. The molecule has 1 aromatic heterocycles. The fraction of sp³-hybridized carbons (Fsp3) is 0.455. The summed E-state index contributed by atoms with van der Waals surface area (Å²) >= 11 is 0. The van der Waals surface area contributed by atoms with Gasteiger partial charge in [0, 0.05) is 19.2 Å². The number of methoxy groups -OCH3 is 1. The van der Waals surface area contributed by atoms with Gasteiger partial charge in [-0.15, -0.1) is 0 Å². The van der Waals surface area contributed by atoms with Crippen molar-refractivity contribution >= 4 is 16.0 Å². The maximum absolute atomic E-state index is 12.3. The number of hydrogen-bond donors (Lipinski definition) is 1. The molecule has 19 heavy (non-hydrogen) atoms. The third-order valence-electron chi connectivity index (χ3n) is 3.06. The minimum absolute atomic E-state index is 0.00367. The van der Waals surface area contributed by atoms with Crippen LogP contribution in [0.5, 0.6) is 5.88 Å². The van der Waals surface area contributed by atoms with E-state index in [9.17, 15) is 13.2 Å². The molecule has 1 atom stereocenters. The lowest BCUT2D eigenvalue weighted by Crippen LogP contribution is -2.30. The molecule has 1 aliphatic heterocycles. The second-order valence-electron chi connectivity index (χ2n) is 4.22. The van der Waals surface area contributed by atoms with Crippen molar-refractivity contribution in [2.45, 2.75) is 11.3 Å². The molecule has 1 saturated heterocycles. The first-order valence-corrected chi connectivity index (χ1v) is 7.12. The van der Waals surface area contributed by atoms with Crippen LogP contribution < -0.4 is 4.74 Å². The summed E-state index contributed by atoms with van der Waals surface area (Å²) < 4.78 is 30.5. The van der Waals surface area contributed by atoms with Gasteiger partial charge in [0.1, 0.15) is 4.90 Å². The topological polar surface area (TPSA) is 96.8 Å². The van der Waals surface area contributed by atoms with Gasteiger partial charge in [-0.25, -0.2) is 13.4 Å². The summed E-state index contributed by atoms with van der Waals surface area (Å²) in [6.45, 7) is 0.217. The van der Waals surface area contributed by atoms with E-state index in [0.29, 0.717) is 12.3 Å². The van der Waals surface area contributed by atoms with Gasteiger partial charge in [0.2, 0.25) is 15.9 Å². The lowest BCUT2D eigenvalue weighted by Gasteiger charge is -2.15. The third kappa shape index (κ3) is 2.69. The molecule has 104 valence electrons. The molecular formula is C11H14N2O5S. The highest BCUT2D eigenvalue weighted by atomic mass is 32.2. The monoisotopic (exact) mass is 286 g/mol. The molecule has 1 aliphatic rings. The van der Waals surface area contributed by atoms with Crippen molar-refractivity contribution < 1.29 is 23.1 Å². The van der Waals surface area contributed by atoms with E-state index in [1.54, 1.807) is 0 Å². The zero-order chi connectivity index (χ0) is 14.0. The summed E-state index contributed by atoms with van der Waals surface area (Å²) in [4.78, 5) is 14.7. The van der Waals surface area contributed by atoms with Crippen LogP contribution in [0.3, 0.4) is 0 Å². The van der Waals surface area contributed by atoms with Crippen LogP contribution in [-0.4, -0.2) is 49.0 Å². The van der Waals surface area contributed by atoms with Gasteiger partial charge in [-0.05, 0) is 12.5 Å². The Balaban J connectivity index is 2.20. The molecule has 2 heterocycles. The summed E-state index contributed by atoms with van der Waals surface area (Å²) in [5.41, 5.74) is 0. The SMILES string of the molecule is COc1ccc(S(=O)(=O)N2CCC(C(=O)O)C2)cn1. The lowest BCUT2D eigenvalue weighted by molar-refractivity contribution is -0.141. The normalized spacial score (nSPS) is 20.4. The summed E-state index contributed by atoms with van der Waals surface area (Å²) in [7, 11) is -2.24. The number of carbonyl (C=O) groups is 1. The standard InChI is InChI=1S/C11H14N2O5S/c1-18-10-3-2-9(6-12-10)19(16,17)13-5-4-8(7-13)11(14)15/h2-3,6,8H,4-5,7H2,1H3,(H,14,15). The summed E-state index contributed by atoms with van der Waals surface area (Å²) in [6, 6.07) is 2.85. The predicted molar refractivity (Wildman–Crippen MR) is 65.3 cm³/mol. The van der Waals surface area contributed by atoms with Crippen molar-refractivity contribution in [3.05, 3.63) is 18.3 Å². The quantitative estimate of drug-likeness (QED) is 0.848. The van der Waals surface area contributed by atoms with Crippen LogP contribution in [-0.2, 0) is 14.8 Å². The van der Waals surface area contributed by atoms with E-state index < -0.39 is 21.9 Å². The van der Waals surface area contributed by atoms with Crippen LogP contribution in [0.15, 0.2) is 23.2 Å². The fourth-order valence-electron chi connectivity index (χ4n) is 1.94. The van der Waals surface area contributed by atoms with Crippen molar-refractivity contribution in [2.24, 2.45) is 5.92 Å². The van der Waals surface area contributed by atoms with E-state index in [2.05, 4.69) is 4.98 Å². The fourth-order valence-corrected chi connectivity index (χ4v) is 3.38. The van der Waals surface area contributed by atoms with E-state index in [-0.39, 0.29) is 18.0 Å². The minimum Gasteiger partial charge on any atom is -0.481 e. The molecule has 0 bridgehead atoms. The van der Waals surface area contributed by atoms with Gasteiger partial charge in [-0.2, -0.15) is 4.31 Å². The Bertz CT molecular complexity index is 569. The van der Waals surface area contributed by atoms with E-state index in [1.807, 2.05) is 0 Å². The Morgan fingerprint density at radius 1 is 1.53 bits per heavy atom. The Hall–Kier alpha value is -1.67. The van der Waals surface area contributed by atoms with Crippen LogP contribution in [0, 0.1) is 5.92 Å². The van der Waals surface area contributed by atoms with Crippen molar-refractivity contribution in [1.29, 1.82) is 0 Å². The highest BCUT2D eigenvalue weighted by Crippen LogP contribution is 2.24. The molecule has 0 amide bonds. The lowest BCUT2D eigenvalue weighted by atomic mass is 10.1. The highest BCUT2D eigenvalue weighted by Gasteiger charge is 2.35. The highest BCUT2D eigenvalue weighted by molar-refractivity contribution is 7.89. The number of hydrogen-bond acceptors (Lipinski definition) is 5. The minimum atomic E-state index is -3.68. The Kier molecular flexibility index (Phi) is 3.72. The number of ether oxygens (including phenoxy) is 1. The molecule has 7 nitrogen and oxygen atoms in total. The third-order valence-corrected chi connectivity index (χ3v) is 4.91. The second kappa shape index (κ2) is 5.14. The van der Waals surface area contributed by atoms with Crippen molar-refractivity contribution in [3.8, 4) is 5.88 Å². The molecule has 1 fully saturated rings. The van der Waals surface area contributed by atoms with Gasteiger partial charge in [-0.1, -0.05) is 0 Å². The number of carboxylic acids is 1. The molecule has 0 saturated carbocycles. The van der Waals surface area contributed by atoms with E-state index in [4.69, 9.17) is 9.84 Å². The second-order valence-corrected chi connectivity index (χ2v) is 6.16. The number of pyridine rings is 1. The number of aliphatic carboxylic acids is 1. The molecule has 0 aliphatic carbocycles. The number of carboxylic acid groups (broad SMARTS) is 1. The van der Waals surface area contributed by atoms with Crippen molar-refractivity contribution in [1.82, 2.24) is 9.29 Å². The van der Waals surface area contributed by atoms with Crippen LogP contribution in [0.4, 0.5) is 0 Å². The van der Waals surface area contributed by atoms with Crippen LogP contribution in [0.25, 0.3) is 0 Å². The molecule has 2 rings (SSSR count). The molecule has 1 N–H and O–H groups in total. The van der Waals surface area contributed by atoms with Gasteiger partial charge in [-0.3, -0.25) is 4.79 Å². The van der Waals surface area contributed by atoms with Crippen LogP contribution >= 0.6 is 0 Å². The molecule has 1 unspecified atom stereocenters.